The SMILES string of the molecule is [B][P+]1(O)OC[C@H]2O[C@@H](n3c(NCCCCCCCC(C)(C(C)C(C)C(C)C(C)CC)C(C)C(C)C(C)C(C)CC)nc4c(N)ncnc43)C(O)[C@H]2O1. The molecule has 2 aromatic heterocycles. The second kappa shape index (κ2) is 18.4. The van der Waals surface area contributed by atoms with Crippen molar-refractivity contribution in [3.63, 3.8) is 0 Å². The topological polar surface area (TPSA) is 150 Å². The minimum absolute atomic E-state index is 0.00885. The number of hydrogen-bond donors (Lipinski definition) is 4. The Bertz CT molecular complexity index is 1390. The Morgan fingerprint density at radius 1 is 0.942 bits per heavy atom. The van der Waals surface area contributed by atoms with Crippen molar-refractivity contribution in [1.82, 2.24) is 19.5 Å². The number of fused-ring (bicyclic) bond motifs is 2. The number of aliphatic hydroxyl groups excluding tert-OH is 1. The van der Waals surface area contributed by atoms with Gasteiger partial charge in [-0.15, -0.1) is 0 Å². The van der Waals surface area contributed by atoms with Gasteiger partial charge in [0.15, 0.2) is 29.3 Å². The number of aromatic nitrogens is 4. The Labute approximate surface area is 316 Å². The average molecular weight is 746 g/mol. The zero-order chi connectivity index (χ0) is 38.5. The van der Waals surface area contributed by atoms with Crippen LogP contribution in [-0.2, 0) is 13.8 Å². The molecule has 13 atom stereocenters. The largest absolute Gasteiger partial charge is 0.488 e. The van der Waals surface area contributed by atoms with Crippen LogP contribution in [0.1, 0.15) is 134 Å². The zero-order valence-electron chi connectivity index (χ0n) is 34.1. The molecule has 13 heteroatoms. The van der Waals surface area contributed by atoms with Crippen molar-refractivity contribution in [3.8, 4) is 0 Å². The first kappa shape index (κ1) is 43.2. The van der Waals surface area contributed by atoms with E-state index in [1.165, 1.54) is 44.9 Å². The Morgan fingerprint density at radius 3 is 2.12 bits per heavy atom. The third-order valence-corrected chi connectivity index (χ3v) is 15.4. The summed E-state index contributed by atoms with van der Waals surface area (Å²) >= 11 is 0. The summed E-state index contributed by atoms with van der Waals surface area (Å²) in [4.78, 5) is 23.4. The number of imidazole rings is 1. The van der Waals surface area contributed by atoms with Crippen LogP contribution in [0, 0.1) is 52.8 Å². The minimum atomic E-state index is -3.52. The van der Waals surface area contributed by atoms with Gasteiger partial charge in [0, 0.05) is 6.54 Å². The summed E-state index contributed by atoms with van der Waals surface area (Å²) in [5.41, 5.74) is 7.30. The van der Waals surface area contributed by atoms with E-state index in [9.17, 15) is 10.00 Å². The summed E-state index contributed by atoms with van der Waals surface area (Å²) in [6.45, 7) is 28.0. The number of anilines is 2. The highest BCUT2D eigenvalue weighted by Gasteiger charge is 2.57. The molecule has 52 heavy (non-hydrogen) atoms. The highest BCUT2D eigenvalue weighted by atomic mass is 31.2. The van der Waals surface area contributed by atoms with Gasteiger partial charge >= 0.3 is 15.4 Å². The molecule has 10 unspecified atom stereocenters. The molecule has 0 bridgehead atoms. The molecule has 2 fully saturated rings. The second-order valence-corrected chi connectivity index (χ2v) is 18.6. The standard InChI is InChI=1S/C39H71BN6O5P/c1-12-23(3)25(5)27(7)29(9)39(11,30(10)28(8)26(6)24(4)13-2)19-17-15-14-16-18-20-42-38-45-32-35(41)43-22-44-36(32)46(38)37-33(47)34-31(50-37)21-49-52(40,48)51-34/h22-31,33-34,37,47-48H,12-21H2,1-11H3,(H,42,45)(H2,41,43,44)/q+1/t23?,24?,25?,26?,27?,28?,29?,30?,31-,33?,34+,37-,39?,52?/m1/s1. The van der Waals surface area contributed by atoms with Crippen molar-refractivity contribution in [2.45, 2.75) is 152 Å². The normalized spacial score (nSPS) is 29.4. The van der Waals surface area contributed by atoms with E-state index in [2.05, 4.69) is 91.4 Å². The maximum atomic E-state index is 11.2. The summed E-state index contributed by atoms with van der Waals surface area (Å²) < 4.78 is 18.6. The number of ether oxygens (including phenoxy) is 1. The number of hydrogen-bond acceptors (Lipinski definition) is 10. The fourth-order valence-electron chi connectivity index (χ4n) is 9.00. The lowest BCUT2D eigenvalue weighted by molar-refractivity contribution is -0.0597. The summed E-state index contributed by atoms with van der Waals surface area (Å²) in [6, 6.07) is 0. The van der Waals surface area contributed by atoms with Crippen LogP contribution in [0.3, 0.4) is 0 Å². The molecule has 4 heterocycles. The summed E-state index contributed by atoms with van der Waals surface area (Å²) in [6.07, 6.45) is 7.29. The lowest BCUT2D eigenvalue weighted by atomic mass is 9.56. The highest BCUT2D eigenvalue weighted by molar-refractivity contribution is 7.85. The predicted octanol–water partition coefficient (Wildman–Crippen LogP) is 8.59. The molecular formula is C39H71BN6O5P+. The Morgan fingerprint density at radius 2 is 1.52 bits per heavy atom. The third kappa shape index (κ3) is 9.45. The summed E-state index contributed by atoms with van der Waals surface area (Å²) in [5.74, 6) is 6.25. The van der Waals surface area contributed by atoms with Crippen LogP contribution in [0.15, 0.2) is 6.33 Å². The molecule has 2 aliphatic rings. The van der Waals surface area contributed by atoms with Gasteiger partial charge in [-0.2, -0.15) is 9.05 Å². The quantitative estimate of drug-likeness (QED) is 0.0590. The van der Waals surface area contributed by atoms with Crippen molar-refractivity contribution < 1.29 is 23.8 Å². The van der Waals surface area contributed by atoms with Crippen molar-refractivity contribution >= 4 is 38.3 Å². The van der Waals surface area contributed by atoms with E-state index in [-0.39, 0.29) is 17.8 Å². The molecule has 2 radical (unpaired) electrons. The Balaban J connectivity index is 1.36. The summed E-state index contributed by atoms with van der Waals surface area (Å²) in [7, 11) is 2.21. The number of nitrogen functional groups attached to an aromatic ring is 1. The maximum Gasteiger partial charge on any atom is 0.488 e. The molecule has 2 aliphatic heterocycles. The number of rotatable bonds is 20. The molecule has 5 N–H and O–H groups in total. The fraction of sp³-hybridized carbons (Fsp3) is 0.872. The molecule has 2 aromatic rings. The molecule has 0 aromatic carbocycles. The van der Waals surface area contributed by atoms with E-state index in [1.54, 1.807) is 4.57 Å². The van der Waals surface area contributed by atoms with Crippen LogP contribution in [0.2, 0.25) is 0 Å². The molecule has 11 nitrogen and oxygen atoms in total. The van der Waals surface area contributed by atoms with Gasteiger partial charge in [0.25, 0.3) is 0 Å². The molecule has 0 saturated carbocycles. The van der Waals surface area contributed by atoms with Gasteiger partial charge in [-0.05, 0) is 65.6 Å². The first-order chi connectivity index (χ1) is 24.5. The van der Waals surface area contributed by atoms with Gasteiger partial charge < -0.3 is 20.9 Å². The monoisotopic (exact) mass is 746 g/mol. The van der Waals surface area contributed by atoms with E-state index >= 15 is 0 Å². The first-order valence-corrected chi connectivity index (χ1v) is 21.9. The number of nitrogens with one attached hydrogen (secondary N) is 1. The smallest absolute Gasteiger partial charge is 0.385 e. The van der Waals surface area contributed by atoms with Crippen LogP contribution < -0.4 is 11.1 Å². The van der Waals surface area contributed by atoms with Crippen LogP contribution >= 0.6 is 7.82 Å². The molecule has 0 aliphatic carbocycles. The van der Waals surface area contributed by atoms with Gasteiger partial charge in [-0.3, -0.25) is 4.57 Å². The number of unbranched alkanes of at least 4 members (excludes halogenated alkanes) is 4. The molecule has 0 amide bonds. The maximum absolute atomic E-state index is 11.2. The van der Waals surface area contributed by atoms with E-state index in [4.69, 9.17) is 32.1 Å². The fourth-order valence-corrected chi connectivity index (χ4v) is 10.0. The molecule has 2 saturated heterocycles. The molecule has 294 valence electrons. The Hall–Kier alpha value is -1.56. The van der Waals surface area contributed by atoms with E-state index in [1.807, 2.05) is 0 Å². The van der Waals surface area contributed by atoms with Crippen LogP contribution in [0.25, 0.3) is 11.2 Å². The molecule has 4 rings (SSSR count). The summed E-state index contributed by atoms with van der Waals surface area (Å²) in [5, 5.41) is 14.7. The van der Waals surface area contributed by atoms with E-state index in [0.717, 1.165) is 24.7 Å². The van der Waals surface area contributed by atoms with Gasteiger partial charge in [0.05, 0.1) is 0 Å². The van der Waals surface area contributed by atoms with Crippen LogP contribution in [0.4, 0.5) is 11.8 Å². The van der Waals surface area contributed by atoms with E-state index in [0.29, 0.717) is 59.2 Å². The number of nitrogens with two attached hydrogens (primary N) is 1. The molecule has 0 spiro atoms. The number of aliphatic hydroxyl groups is 1. The van der Waals surface area contributed by atoms with Gasteiger partial charge in [0.1, 0.15) is 25.1 Å². The highest BCUT2D eigenvalue weighted by Crippen LogP contribution is 2.59. The predicted molar refractivity (Wildman–Crippen MR) is 214 cm³/mol. The first-order valence-electron chi connectivity index (χ1n) is 20.3. The minimum Gasteiger partial charge on any atom is -0.385 e. The van der Waals surface area contributed by atoms with Crippen molar-refractivity contribution in [2.75, 3.05) is 24.2 Å². The lowest BCUT2D eigenvalue weighted by Crippen LogP contribution is -2.42. The van der Waals surface area contributed by atoms with Gasteiger partial charge in [0.2, 0.25) is 5.95 Å². The van der Waals surface area contributed by atoms with Crippen molar-refractivity contribution in [3.05, 3.63) is 6.33 Å². The van der Waals surface area contributed by atoms with Crippen molar-refractivity contribution in [2.24, 2.45) is 52.8 Å². The number of nitrogens with zero attached hydrogens (tertiary/aromatic N) is 4. The van der Waals surface area contributed by atoms with E-state index < -0.39 is 32.4 Å². The molecular weight excluding hydrogens is 674 g/mol. The average Bonchev–Trinajstić information content (AvgIpc) is 3.65. The Kier molecular flexibility index (Phi) is 15.3. The second-order valence-electron chi connectivity index (χ2n) is 17.0. The van der Waals surface area contributed by atoms with Crippen molar-refractivity contribution in [1.29, 1.82) is 0 Å². The van der Waals surface area contributed by atoms with Crippen LogP contribution in [0.5, 0.6) is 0 Å². The lowest BCUT2D eigenvalue weighted by Gasteiger charge is -2.49. The van der Waals surface area contributed by atoms with Gasteiger partial charge in [-0.25, -0.2) is 19.8 Å². The third-order valence-electron chi connectivity index (χ3n) is 14.3. The zero-order valence-corrected chi connectivity index (χ0v) is 35.0. The van der Waals surface area contributed by atoms with Gasteiger partial charge in [-0.1, -0.05) is 115 Å². The van der Waals surface area contributed by atoms with Crippen LogP contribution in [-0.4, -0.2) is 68.5 Å².